The Morgan fingerprint density at radius 1 is 0.917 bits per heavy atom. The van der Waals surface area contributed by atoms with E-state index < -0.39 is 0 Å². The number of pyridine rings is 1. The first-order chi connectivity index (χ1) is 11.7. The van der Waals surface area contributed by atoms with E-state index >= 15 is 0 Å². The average Bonchev–Trinajstić information content (AvgIpc) is 2.63. The summed E-state index contributed by atoms with van der Waals surface area (Å²) >= 11 is 0. The van der Waals surface area contributed by atoms with Crippen molar-refractivity contribution in [2.75, 3.05) is 5.32 Å². The van der Waals surface area contributed by atoms with Crippen LogP contribution in [0.1, 0.15) is 52.8 Å². The summed E-state index contributed by atoms with van der Waals surface area (Å²) < 4.78 is 0. The first kappa shape index (κ1) is 16.2. The van der Waals surface area contributed by atoms with Gasteiger partial charge in [0.2, 0.25) is 0 Å². The van der Waals surface area contributed by atoms with Crippen molar-refractivity contribution in [1.29, 1.82) is 0 Å². The predicted molar refractivity (Wildman–Crippen MR) is 93.0 cm³/mol. The normalized spacial score (nSPS) is 14.8. The van der Waals surface area contributed by atoms with Crippen LogP contribution in [0.3, 0.4) is 0 Å². The van der Waals surface area contributed by atoms with Gasteiger partial charge < -0.3 is 10.6 Å². The standard InChI is InChI=1S/C19H21N3O2/c23-18(14-10-12-20-13-11-14)22-17-9-5-4-8-16(17)19(24)21-15-6-2-1-3-7-15/h4-5,8-13,15H,1-3,6-7H2,(H,21,24)(H,22,23). The molecule has 0 atom stereocenters. The minimum atomic E-state index is -0.254. The van der Waals surface area contributed by atoms with E-state index in [0.717, 1.165) is 25.7 Å². The van der Waals surface area contributed by atoms with Gasteiger partial charge in [0, 0.05) is 24.0 Å². The molecule has 2 amide bonds. The highest BCUT2D eigenvalue weighted by molar-refractivity contribution is 6.08. The van der Waals surface area contributed by atoms with Gasteiger partial charge in [0.05, 0.1) is 11.3 Å². The Hall–Kier alpha value is -2.69. The first-order valence-electron chi connectivity index (χ1n) is 8.35. The molecule has 2 N–H and O–H groups in total. The summed E-state index contributed by atoms with van der Waals surface area (Å²) in [6, 6.07) is 10.6. The van der Waals surface area contributed by atoms with Crippen LogP contribution >= 0.6 is 0 Å². The summed E-state index contributed by atoms with van der Waals surface area (Å²) in [5, 5.41) is 5.91. The van der Waals surface area contributed by atoms with E-state index in [1.54, 1.807) is 48.8 Å². The minimum absolute atomic E-state index is 0.132. The van der Waals surface area contributed by atoms with Gasteiger partial charge in [-0.25, -0.2) is 0 Å². The van der Waals surface area contributed by atoms with E-state index in [2.05, 4.69) is 15.6 Å². The van der Waals surface area contributed by atoms with Gasteiger partial charge in [-0.2, -0.15) is 0 Å². The molecule has 0 unspecified atom stereocenters. The highest BCUT2D eigenvalue weighted by Crippen LogP contribution is 2.20. The fourth-order valence-electron chi connectivity index (χ4n) is 3.00. The number of nitrogens with one attached hydrogen (secondary N) is 2. The summed E-state index contributed by atoms with van der Waals surface area (Å²) in [5.41, 5.74) is 1.52. The number of hydrogen-bond donors (Lipinski definition) is 2. The number of rotatable bonds is 4. The third-order valence-corrected chi connectivity index (χ3v) is 4.30. The molecule has 2 aromatic rings. The lowest BCUT2D eigenvalue weighted by atomic mass is 9.95. The second kappa shape index (κ2) is 7.73. The molecule has 0 saturated heterocycles. The Balaban J connectivity index is 1.72. The molecular formula is C19H21N3O2. The van der Waals surface area contributed by atoms with Crippen LogP contribution in [0.2, 0.25) is 0 Å². The molecule has 0 bridgehead atoms. The molecule has 1 aliphatic carbocycles. The number of aromatic nitrogens is 1. The average molecular weight is 323 g/mol. The molecule has 5 nitrogen and oxygen atoms in total. The second-order valence-corrected chi connectivity index (χ2v) is 6.04. The topological polar surface area (TPSA) is 71.1 Å². The SMILES string of the molecule is O=C(Nc1ccccc1C(=O)NC1CCCCC1)c1ccncc1. The number of anilines is 1. The van der Waals surface area contributed by atoms with E-state index in [-0.39, 0.29) is 17.9 Å². The fraction of sp³-hybridized carbons (Fsp3) is 0.316. The Morgan fingerprint density at radius 3 is 2.38 bits per heavy atom. The monoisotopic (exact) mass is 323 g/mol. The Kier molecular flexibility index (Phi) is 5.21. The molecule has 1 heterocycles. The van der Waals surface area contributed by atoms with E-state index in [9.17, 15) is 9.59 Å². The van der Waals surface area contributed by atoms with Gasteiger partial charge in [-0.3, -0.25) is 14.6 Å². The van der Waals surface area contributed by atoms with E-state index in [0.29, 0.717) is 16.8 Å². The van der Waals surface area contributed by atoms with Crippen LogP contribution in [0.4, 0.5) is 5.69 Å². The van der Waals surface area contributed by atoms with Crippen LogP contribution in [0.25, 0.3) is 0 Å². The summed E-state index contributed by atoms with van der Waals surface area (Å²) in [6.45, 7) is 0. The van der Waals surface area contributed by atoms with Gasteiger partial charge in [-0.05, 0) is 37.1 Å². The van der Waals surface area contributed by atoms with Crippen molar-refractivity contribution in [3.63, 3.8) is 0 Å². The molecule has 5 heteroatoms. The lowest BCUT2D eigenvalue weighted by molar-refractivity contribution is 0.0928. The van der Waals surface area contributed by atoms with Crippen LogP contribution in [0.15, 0.2) is 48.8 Å². The number of carbonyl (C=O) groups is 2. The zero-order valence-corrected chi connectivity index (χ0v) is 13.5. The van der Waals surface area contributed by atoms with Crippen molar-refractivity contribution in [3.05, 3.63) is 59.9 Å². The lowest BCUT2D eigenvalue weighted by Crippen LogP contribution is -2.36. The maximum absolute atomic E-state index is 12.6. The van der Waals surface area contributed by atoms with Gasteiger partial charge in [-0.15, -0.1) is 0 Å². The number of hydrogen-bond acceptors (Lipinski definition) is 3. The van der Waals surface area contributed by atoms with Gasteiger partial charge in [0.25, 0.3) is 11.8 Å². The molecule has 0 aliphatic heterocycles. The Labute approximate surface area is 141 Å². The maximum Gasteiger partial charge on any atom is 0.255 e. The summed E-state index contributed by atoms with van der Waals surface area (Å²) in [5.74, 6) is -0.386. The molecule has 1 aromatic heterocycles. The molecular weight excluding hydrogens is 302 g/mol. The lowest BCUT2D eigenvalue weighted by Gasteiger charge is -2.23. The van der Waals surface area contributed by atoms with Crippen molar-refractivity contribution >= 4 is 17.5 Å². The summed E-state index contributed by atoms with van der Waals surface area (Å²) in [7, 11) is 0. The Bertz CT molecular complexity index is 710. The van der Waals surface area contributed by atoms with Crippen LogP contribution in [0.5, 0.6) is 0 Å². The van der Waals surface area contributed by atoms with Crippen molar-refractivity contribution in [1.82, 2.24) is 10.3 Å². The molecule has 0 radical (unpaired) electrons. The maximum atomic E-state index is 12.6. The number of para-hydroxylation sites is 1. The van der Waals surface area contributed by atoms with Crippen molar-refractivity contribution in [3.8, 4) is 0 Å². The van der Waals surface area contributed by atoms with Crippen LogP contribution in [-0.2, 0) is 0 Å². The van der Waals surface area contributed by atoms with E-state index in [1.165, 1.54) is 6.42 Å². The molecule has 1 aromatic carbocycles. The van der Waals surface area contributed by atoms with Crippen molar-refractivity contribution < 1.29 is 9.59 Å². The molecule has 124 valence electrons. The highest BCUT2D eigenvalue weighted by Gasteiger charge is 2.19. The number of nitrogens with zero attached hydrogens (tertiary/aromatic N) is 1. The molecule has 0 spiro atoms. The number of amides is 2. The van der Waals surface area contributed by atoms with Crippen LogP contribution in [0, 0.1) is 0 Å². The molecule has 24 heavy (non-hydrogen) atoms. The quantitative estimate of drug-likeness (QED) is 0.906. The molecule has 1 aliphatic rings. The summed E-state index contributed by atoms with van der Waals surface area (Å²) in [6.07, 6.45) is 8.74. The molecule has 1 fully saturated rings. The Morgan fingerprint density at radius 2 is 1.62 bits per heavy atom. The fourth-order valence-corrected chi connectivity index (χ4v) is 3.00. The van der Waals surface area contributed by atoms with Gasteiger partial charge in [0.1, 0.15) is 0 Å². The third kappa shape index (κ3) is 3.98. The van der Waals surface area contributed by atoms with Crippen LogP contribution in [-0.4, -0.2) is 22.8 Å². The van der Waals surface area contributed by atoms with E-state index in [4.69, 9.17) is 0 Å². The largest absolute Gasteiger partial charge is 0.349 e. The zero-order chi connectivity index (χ0) is 16.8. The molecule has 3 rings (SSSR count). The predicted octanol–water partition coefficient (Wildman–Crippen LogP) is 3.40. The second-order valence-electron chi connectivity index (χ2n) is 6.04. The zero-order valence-electron chi connectivity index (χ0n) is 13.5. The van der Waals surface area contributed by atoms with Gasteiger partial charge in [0.15, 0.2) is 0 Å². The number of benzene rings is 1. The smallest absolute Gasteiger partial charge is 0.255 e. The van der Waals surface area contributed by atoms with Crippen molar-refractivity contribution in [2.24, 2.45) is 0 Å². The molecule has 1 saturated carbocycles. The third-order valence-electron chi connectivity index (χ3n) is 4.30. The van der Waals surface area contributed by atoms with E-state index in [1.807, 2.05) is 0 Å². The van der Waals surface area contributed by atoms with Gasteiger partial charge >= 0.3 is 0 Å². The minimum Gasteiger partial charge on any atom is -0.349 e. The number of carbonyl (C=O) groups excluding carboxylic acids is 2. The van der Waals surface area contributed by atoms with Crippen molar-refractivity contribution in [2.45, 2.75) is 38.1 Å². The van der Waals surface area contributed by atoms with Gasteiger partial charge in [-0.1, -0.05) is 31.4 Å². The van der Waals surface area contributed by atoms with Crippen LogP contribution < -0.4 is 10.6 Å². The first-order valence-corrected chi connectivity index (χ1v) is 8.35. The highest BCUT2D eigenvalue weighted by atomic mass is 16.2. The summed E-state index contributed by atoms with van der Waals surface area (Å²) in [4.78, 5) is 28.8.